The third kappa shape index (κ3) is 3.00. The Labute approximate surface area is 109 Å². The molecule has 1 aliphatic rings. The molecule has 2 rings (SSSR count). The lowest BCUT2D eigenvalue weighted by Crippen LogP contribution is -2.20. The summed E-state index contributed by atoms with van der Waals surface area (Å²) in [5.41, 5.74) is -0.0754. The van der Waals surface area contributed by atoms with E-state index in [1.807, 2.05) is 18.7 Å². The van der Waals surface area contributed by atoms with Crippen LogP contribution in [0.2, 0.25) is 0 Å². The monoisotopic (exact) mass is 269 g/mol. The summed E-state index contributed by atoms with van der Waals surface area (Å²) in [6, 6.07) is 0.248. The number of rotatable bonds is 5. The van der Waals surface area contributed by atoms with Gasteiger partial charge in [0.25, 0.3) is 0 Å². The van der Waals surface area contributed by atoms with Crippen LogP contribution in [0.15, 0.2) is 6.20 Å². The summed E-state index contributed by atoms with van der Waals surface area (Å²) in [6.07, 6.45) is 2.25. The van der Waals surface area contributed by atoms with Crippen LogP contribution >= 0.6 is 11.8 Å². The van der Waals surface area contributed by atoms with Crippen LogP contribution in [-0.2, 0) is 0 Å². The van der Waals surface area contributed by atoms with Gasteiger partial charge >= 0.3 is 5.69 Å². The van der Waals surface area contributed by atoms with Gasteiger partial charge in [-0.05, 0) is 19.1 Å². The first kappa shape index (κ1) is 12.9. The Bertz CT molecular complexity index is 436. The highest BCUT2D eigenvalue weighted by atomic mass is 32.2. The lowest BCUT2D eigenvalue weighted by Gasteiger charge is -2.12. The van der Waals surface area contributed by atoms with Crippen molar-refractivity contribution in [2.45, 2.75) is 19.4 Å². The quantitative estimate of drug-likeness (QED) is 0.621. The van der Waals surface area contributed by atoms with Crippen LogP contribution in [0.1, 0.15) is 13.3 Å². The van der Waals surface area contributed by atoms with Crippen LogP contribution in [-0.4, -0.2) is 39.0 Å². The van der Waals surface area contributed by atoms with Crippen molar-refractivity contribution in [1.82, 2.24) is 9.97 Å². The maximum Gasteiger partial charge on any atom is 0.329 e. The molecule has 18 heavy (non-hydrogen) atoms. The molecular weight excluding hydrogens is 254 g/mol. The number of thioether (sulfide) groups is 1. The van der Waals surface area contributed by atoms with Gasteiger partial charge in [-0.15, -0.1) is 0 Å². The molecule has 1 saturated heterocycles. The normalized spacial score (nSPS) is 18.6. The summed E-state index contributed by atoms with van der Waals surface area (Å²) < 4.78 is 0. The largest absolute Gasteiger partial charge is 0.361 e. The van der Waals surface area contributed by atoms with Gasteiger partial charge in [0, 0.05) is 18.3 Å². The highest BCUT2D eigenvalue weighted by molar-refractivity contribution is 7.99. The average Bonchev–Trinajstić information content (AvgIpc) is 2.82. The van der Waals surface area contributed by atoms with Crippen molar-refractivity contribution in [3.05, 3.63) is 16.3 Å². The van der Waals surface area contributed by atoms with Crippen molar-refractivity contribution >= 4 is 29.2 Å². The minimum atomic E-state index is -0.458. The number of aromatic nitrogens is 2. The molecule has 0 spiro atoms. The van der Waals surface area contributed by atoms with E-state index in [9.17, 15) is 10.1 Å². The molecule has 0 radical (unpaired) electrons. The number of anilines is 2. The predicted octanol–water partition coefficient (Wildman–Crippen LogP) is 1.73. The first-order chi connectivity index (χ1) is 8.70. The zero-order valence-electron chi connectivity index (χ0n) is 10.0. The molecule has 2 heterocycles. The van der Waals surface area contributed by atoms with Crippen molar-refractivity contribution in [2.75, 3.05) is 28.7 Å². The van der Waals surface area contributed by atoms with Crippen LogP contribution in [0, 0.1) is 10.1 Å². The van der Waals surface area contributed by atoms with Crippen LogP contribution in [0.5, 0.6) is 0 Å². The van der Waals surface area contributed by atoms with Crippen LogP contribution in [0.25, 0.3) is 0 Å². The van der Waals surface area contributed by atoms with E-state index in [2.05, 4.69) is 20.6 Å². The predicted molar refractivity (Wildman–Crippen MR) is 72.2 cm³/mol. The van der Waals surface area contributed by atoms with Crippen LogP contribution in [0.3, 0.4) is 0 Å². The van der Waals surface area contributed by atoms with Gasteiger partial charge in [-0.2, -0.15) is 16.7 Å². The van der Waals surface area contributed by atoms with Gasteiger partial charge in [0.1, 0.15) is 6.20 Å². The van der Waals surface area contributed by atoms with Crippen molar-refractivity contribution in [1.29, 1.82) is 0 Å². The molecular formula is C10H15N5O2S. The number of nitrogens with one attached hydrogen (secondary N) is 2. The lowest BCUT2D eigenvalue weighted by atomic mass is 10.2. The fourth-order valence-corrected chi connectivity index (χ4v) is 2.85. The molecule has 0 aliphatic carbocycles. The first-order valence-corrected chi connectivity index (χ1v) is 6.95. The molecule has 0 bridgehead atoms. The Morgan fingerprint density at radius 3 is 3.11 bits per heavy atom. The summed E-state index contributed by atoms with van der Waals surface area (Å²) in [6.45, 7) is 2.60. The second-order valence-electron chi connectivity index (χ2n) is 3.92. The molecule has 98 valence electrons. The second kappa shape index (κ2) is 5.85. The minimum Gasteiger partial charge on any atom is -0.361 e. The number of hydrogen-bond donors (Lipinski definition) is 2. The third-order valence-corrected chi connectivity index (χ3v) is 3.73. The standard InChI is InChI=1S/C10H15N5O2S/c1-2-11-10-12-5-8(15(16)17)9(14-10)13-7-3-4-18-6-7/h5,7H,2-4,6H2,1H3,(H2,11,12,13,14). The van der Waals surface area contributed by atoms with Gasteiger partial charge in [-0.3, -0.25) is 10.1 Å². The van der Waals surface area contributed by atoms with Gasteiger partial charge in [0.15, 0.2) is 0 Å². The zero-order valence-corrected chi connectivity index (χ0v) is 10.9. The molecule has 1 fully saturated rings. The highest BCUT2D eigenvalue weighted by Crippen LogP contribution is 2.26. The summed E-state index contributed by atoms with van der Waals surface area (Å²) in [5, 5.41) is 17.0. The smallest absolute Gasteiger partial charge is 0.329 e. The van der Waals surface area contributed by atoms with Gasteiger partial charge < -0.3 is 10.6 Å². The second-order valence-corrected chi connectivity index (χ2v) is 5.07. The van der Waals surface area contributed by atoms with Gasteiger partial charge in [-0.1, -0.05) is 0 Å². The minimum absolute atomic E-state index is 0.0754. The van der Waals surface area contributed by atoms with Crippen molar-refractivity contribution in [3.63, 3.8) is 0 Å². The fourth-order valence-electron chi connectivity index (χ4n) is 1.70. The van der Waals surface area contributed by atoms with Crippen molar-refractivity contribution in [2.24, 2.45) is 0 Å². The van der Waals surface area contributed by atoms with Crippen molar-refractivity contribution in [3.8, 4) is 0 Å². The van der Waals surface area contributed by atoms with E-state index in [0.717, 1.165) is 17.9 Å². The average molecular weight is 269 g/mol. The summed E-state index contributed by atoms with van der Waals surface area (Å²) in [7, 11) is 0. The maximum atomic E-state index is 10.9. The summed E-state index contributed by atoms with van der Waals surface area (Å²) in [4.78, 5) is 18.5. The summed E-state index contributed by atoms with van der Waals surface area (Å²) in [5.74, 6) is 2.75. The number of nitrogens with zero attached hydrogens (tertiary/aromatic N) is 3. The molecule has 0 aromatic carbocycles. The molecule has 8 heteroatoms. The Morgan fingerprint density at radius 1 is 1.67 bits per heavy atom. The molecule has 1 aromatic heterocycles. The molecule has 0 amide bonds. The van der Waals surface area contributed by atoms with E-state index in [1.165, 1.54) is 6.20 Å². The Kier molecular flexibility index (Phi) is 4.19. The summed E-state index contributed by atoms with van der Waals surface area (Å²) >= 11 is 1.84. The third-order valence-electron chi connectivity index (χ3n) is 2.57. The highest BCUT2D eigenvalue weighted by Gasteiger charge is 2.22. The van der Waals surface area contributed by atoms with E-state index >= 15 is 0 Å². The number of nitro groups is 1. The molecule has 1 aromatic rings. The van der Waals surface area contributed by atoms with Gasteiger partial charge in [-0.25, -0.2) is 4.98 Å². The van der Waals surface area contributed by atoms with E-state index in [1.54, 1.807) is 0 Å². The van der Waals surface area contributed by atoms with E-state index in [4.69, 9.17) is 0 Å². The Balaban J connectivity index is 2.21. The Morgan fingerprint density at radius 2 is 2.50 bits per heavy atom. The Hall–Kier alpha value is -1.57. The van der Waals surface area contributed by atoms with Gasteiger partial charge in [0.05, 0.1) is 4.92 Å². The van der Waals surface area contributed by atoms with Crippen LogP contribution < -0.4 is 10.6 Å². The topological polar surface area (TPSA) is 93.0 Å². The van der Waals surface area contributed by atoms with E-state index in [-0.39, 0.29) is 11.7 Å². The SMILES string of the molecule is CCNc1ncc([N+](=O)[O-])c(NC2CCSC2)n1. The van der Waals surface area contributed by atoms with Crippen LogP contribution in [0.4, 0.5) is 17.5 Å². The first-order valence-electron chi connectivity index (χ1n) is 5.80. The molecule has 1 aliphatic heterocycles. The fraction of sp³-hybridized carbons (Fsp3) is 0.600. The van der Waals surface area contributed by atoms with Crippen molar-refractivity contribution < 1.29 is 4.92 Å². The van der Waals surface area contributed by atoms with E-state index < -0.39 is 4.92 Å². The van der Waals surface area contributed by atoms with Gasteiger partial charge in [0.2, 0.25) is 11.8 Å². The maximum absolute atomic E-state index is 10.9. The number of hydrogen-bond acceptors (Lipinski definition) is 7. The molecule has 2 N–H and O–H groups in total. The van der Waals surface area contributed by atoms with E-state index in [0.29, 0.717) is 18.3 Å². The molecule has 1 atom stereocenters. The lowest BCUT2D eigenvalue weighted by molar-refractivity contribution is -0.384. The zero-order chi connectivity index (χ0) is 13.0. The molecule has 0 saturated carbocycles. The molecule has 7 nitrogen and oxygen atoms in total. The molecule has 1 unspecified atom stereocenters.